The van der Waals surface area contributed by atoms with Crippen molar-refractivity contribution in [2.45, 2.75) is 6.04 Å². The first-order valence-corrected chi connectivity index (χ1v) is 6.55. The van der Waals surface area contributed by atoms with E-state index in [4.69, 9.17) is 4.74 Å². The minimum absolute atomic E-state index is 0.0100. The van der Waals surface area contributed by atoms with Crippen LogP contribution in [0.5, 0.6) is 5.75 Å². The number of nitrogens with one attached hydrogen (secondary N) is 1. The number of para-hydroxylation sites is 1. The van der Waals surface area contributed by atoms with Crippen molar-refractivity contribution in [1.29, 1.82) is 0 Å². The van der Waals surface area contributed by atoms with Gasteiger partial charge in [-0.05, 0) is 29.8 Å². The Bertz CT molecular complexity index is 596. The van der Waals surface area contributed by atoms with Crippen molar-refractivity contribution in [2.75, 3.05) is 18.6 Å². The third kappa shape index (κ3) is 2.20. The molecule has 1 aliphatic heterocycles. The average molecular weight is 268 g/mol. The molecule has 0 radical (unpaired) electrons. The topological polar surface area (TPSA) is 41.6 Å². The van der Waals surface area contributed by atoms with E-state index < -0.39 is 0 Å². The Balaban J connectivity index is 1.93. The lowest BCUT2D eigenvalue weighted by Gasteiger charge is -2.23. The summed E-state index contributed by atoms with van der Waals surface area (Å²) in [6, 6.07) is 17.5. The monoisotopic (exact) mass is 268 g/mol. The lowest BCUT2D eigenvalue weighted by atomic mass is 10.1. The first-order chi connectivity index (χ1) is 9.79. The van der Waals surface area contributed by atoms with Crippen LogP contribution in [0.3, 0.4) is 0 Å². The number of carbonyl (C=O) groups excluding carboxylic acids is 1. The maximum absolute atomic E-state index is 12.1. The quantitative estimate of drug-likeness (QED) is 0.929. The van der Waals surface area contributed by atoms with Gasteiger partial charge in [0.1, 0.15) is 5.75 Å². The van der Waals surface area contributed by atoms with Crippen molar-refractivity contribution >= 4 is 11.7 Å². The summed E-state index contributed by atoms with van der Waals surface area (Å²) in [5, 5.41) is 2.90. The summed E-state index contributed by atoms with van der Waals surface area (Å²) in [5.74, 6) is 0.817. The predicted molar refractivity (Wildman–Crippen MR) is 78.1 cm³/mol. The van der Waals surface area contributed by atoms with Crippen LogP contribution in [0.15, 0.2) is 54.6 Å². The third-order valence-corrected chi connectivity index (χ3v) is 3.51. The molecule has 1 atom stereocenters. The van der Waals surface area contributed by atoms with Gasteiger partial charge in [0.25, 0.3) is 0 Å². The zero-order valence-electron chi connectivity index (χ0n) is 11.2. The molecule has 2 aromatic rings. The lowest BCUT2D eigenvalue weighted by Crippen LogP contribution is -2.29. The number of benzene rings is 2. The summed E-state index contributed by atoms with van der Waals surface area (Å²) in [6.45, 7) is 0.611. The molecule has 2 aromatic carbocycles. The van der Waals surface area contributed by atoms with Gasteiger partial charge in [-0.25, -0.2) is 4.79 Å². The van der Waals surface area contributed by atoms with E-state index in [1.165, 1.54) is 0 Å². The second-order valence-electron chi connectivity index (χ2n) is 4.68. The molecule has 3 rings (SSSR count). The third-order valence-electron chi connectivity index (χ3n) is 3.51. The predicted octanol–water partition coefficient (Wildman–Crippen LogP) is 2.97. The van der Waals surface area contributed by atoms with Crippen molar-refractivity contribution in [1.82, 2.24) is 5.32 Å². The zero-order chi connectivity index (χ0) is 13.9. The molecule has 1 aliphatic rings. The zero-order valence-corrected chi connectivity index (χ0v) is 11.2. The van der Waals surface area contributed by atoms with Crippen molar-refractivity contribution in [3.63, 3.8) is 0 Å². The van der Waals surface area contributed by atoms with Crippen molar-refractivity contribution in [3.05, 3.63) is 60.2 Å². The molecule has 0 bridgehead atoms. The smallest absolute Gasteiger partial charge is 0.322 e. The largest absolute Gasteiger partial charge is 0.497 e. The van der Waals surface area contributed by atoms with E-state index in [0.29, 0.717) is 6.54 Å². The molecule has 102 valence electrons. The molecular formula is C16H16N2O2. The highest BCUT2D eigenvalue weighted by Gasteiger charge is 2.32. The molecule has 1 heterocycles. The maximum atomic E-state index is 12.1. The van der Waals surface area contributed by atoms with Gasteiger partial charge in [-0.1, -0.05) is 30.3 Å². The van der Waals surface area contributed by atoms with Gasteiger partial charge >= 0.3 is 6.03 Å². The van der Waals surface area contributed by atoms with E-state index in [-0.39, 0.29) is 12.1 Å². The Morgan fingerprint density at radius 1 is 1.10 bits per heavy atom. The molecule has 1 fully saturated rings. The molecule has 20 heavy (non-hydrogen) atoms. The van der Waals surface area contributed by atoms with E-state index in [9.17, 15) is 4.79 Å². The fourth-order valence-corrected chi connectivity index (χ4v) is 2.48. The van der Waals surface area contributed by atoms with Gasteiger partial charge in [0.2, 0.25) is 0 Å². The SMILES string of the molecule is COc1ccc(C2CNC(=O)N2c2ccccc2)cc1. The normalized spacial score (nSPS) is 17.9. The number of methoxy groups -OCH3 is 1. The van der Waals surface area contributed by atoms with Gasteiger partial charge < -0.3 is 10.1 Å². The molecule has 0 saturated carbocycles. The second kappa shape index (κ2) is 5.25. The molecule has 0 aromatic heterocycles. The molecule has 1 unspecified atom stereocenters. The molecule has 1 N–H and O–H groups in total. The Hall–Kier alpha value is -2.49. The number of amides is 2. The van der Waals surface area contributed by atoms with Crippen LogP contribution in [0, 0.1) is 0 Å². The molecule has 0 spiro atoms. The van der Waals surface area contributed by atoms with Crippen LogP contribution in [-0.2, 0) is 0 Å². The second-order valence-corrected chi connectivity index (χ2v) is 4.68. The minimum atomic E-state index is -0.0583. The van der Waals surface area contributed by atoms with E-state index in [2.05, 4.69) is 5.32 Å². The molecule has 4 nitrogen and oxygen atoms in total. The fourth-order valence-electron chi connectivity index (χ4n) is 2.48. The average Bonchev–Trinajstić information content (AvgIpc) is 2.90. The number of hydrogen-bond donors (Lipinski definition) is 1. The van der Waals surface area contributed by atoms with Crippen LogP contribution >= 0.6 is 0 Å². The van der Waals surface area contributed by atoms with E-state index >= 15 is 0 Å². The van der Waals surface area contributed by atoms with Gasteiger partial charge in [-0.2, -0.15) is 0 Å². The fraction of sp³-hybridized carbons (Fsp3) is 0.188. The van der Waals surface area contributed by atoms with E-state index in [1.807, 2.05) is 54.6 Å². The first kappa shape index (κ1) is 12.5. The van der Waals surface area contributed by atoms with E-state index in [0.717, 1.165) is 17.0 Å². The number of rotatable bonds is 3. The number of carbonyl (C=O) groups is 1. The van der Waals surface area contributed by atoms with Crippen LogP contribution in [0.1, 0.15) is 11.6 Å². The maximum Gasteiger partial charge on any atom is 0.322 e. The van der Waals surface area contributed by atoms with Crippen molar-refractivity contribution in [2.24, 2.45) is 0 Å². The van der Waals surface area contributed by atoms with Gasteiger partial charge in [-0.3, -0.25) is 4.90 Å². The minimum Gasteiger partial charge on any atom is -0.497 e. The number of hydrogen-bond acceptors (Lipinski definition) is 2. The highest BCUT2D eigenvalue weighted by Crippen LogP contribution is 2.31. The van der Waals surface area contributed by atoms with Crippen molar-refractivity contribution < 1.29 is 9.53 Å². The van der Waals surface area contributed by atoms with E-state index in [1.54, 1.807) is 12.0 Å². The first-order valence-electron chi connectivity index (χ1n) is 6.55. The van der Waals surface area contributed by atoms with Crippen molar-refractivity contribution in [3.8, 4) is 5.75 Å². The lowest BCUT2D eigenvalue weighted by molar-refractivity contribution is 0.251. The van der Waals surface area contributed by atoms with Gasteiger partial charge in [0.15, 0.2) is 0 Å². The van der Waals surface area contributed by atoms with Crippen LogP contribution < -0.4 is 15.0 Å². The van der Waals surface area contributed by atoms with Crippen LogP contribution in [0.2, 0.25) is 0 Å². The summed E-state index contributed by atoms with van der Waals surface area (Å²) in [5.41, 5.74) is 2.00. The van der Waals surface area contributed by atoms with Gasteiger partial charge in [0, 0.05) is 12.2 Å². The molecule has 1 saturated heterocycles. The molecule has 4 heteroatoms. The standard InChI is InChI=1S/C16H16N2O2/c1-20-14-9-7-12(8-10-14)15-11-17-16(19)18(15)13-5-3-2-4-6-13/h2-10,15H,11H2,1H3,(H,17,19). The summed E-state index contributed by atoms with van der Waals surface area (Å²) in [7, 11) is 1.64. The number of anilines is 1. The van der Waals surface area contributed by atoms with Crippen LogP contribution in [0.25, 0.3) is 0 Å². The summed E-state index contributed by atoms with van der Waals surface area (Å²) in [4.78, 5) is 13.9. The van der Waals surface area contributed by atoms with Crippen LogP contribution in [0.4, 0.5) is 10.5 Å². The number of nitrogens with zero attached hydrogens (tertiary/aromatic N) is 1. The van der Waals surface area contributed by atoms with Gasteiger partial charge in [0.05, 0.1) is 13.2 Å². The highest BCUT2D eigenvalue weighted by atomic mass is 16.5. The summed E-state index contributed by atoms with van der Waals surface area (Å²) < 4.78 is 5.17. The Kier molecular flexibility index (Phi) is 3.29. The van der Waals surface area contributed by atoms with Crippen LogP contribution in [-0.4, -0.2) is 19.7 Å². The highest BCUT2D eigenvalue weighted by molar-refractivity contribution is 5.95. The summed E-state index contributed by atoms with van der Waals surface area (Å²) in [6.07, 6.45) is 0. The van der Waals surface area contributed by atoms with Gasteiger partial charge in [-0.15, -0.1) is 0 Å². The number of ether oxygens (including phenoxy) is 1. The molecule has 0 aliphatic carbocycles. The summed E-state index contributed by atoms with van der Waals surface area (Å²) >= 11 is 0. The Morgan fingerprint density at radius 2 is 1.80 bits per heavy atom. The Labute approximate surface area is 118 Å². The number of urea groups is 1. The molecular weight excluding hydrogens is 252 g/mol. The Morgan fingerprint density at radius 3 is 2.45 bits per heavy atom. The molecule has 2 amide bonds.